The van der Waals surface area contributed by atoms with Crippen LogP contribution in [0.1, 0.15) is 29.9 Å². The van der Waals surface area contributed by atoms with Crippen molar-refractivity contribution >= 4 is 23.5 Å². The second-order valence-corrected chi connectivity index (χ2v) is 7.74. The van der Waals surface area contributed by atoms with Gasteiger partial charge in [-0.1, -0.05) is 48.5 Å². The Morgan fingerprint density at radius 3 is 2.45 bits per heavy atom. The molecule has 29 heavy (non-hydrogen) atoms. The van der Waals surface area contributed by atoms with Crippen molar-refractivity contribution in [2.75, 3.05) is 24.5 Å². The summed E-state index contributed by atoms with van der Waals surface area (Å²) in [4.78, 5) is 41.0. The number of benzene rings is 2. The molecule has 0 aromatic heterocycles. The third-order valence-electron chi connectivity index (χ3n) is 5.85. The minimum absolute atomic E-state index is 0.0268. The summed E-state index contributed by atoms with van der Waals surface area (Å²) in [5.41, 5.74) is 2.32. The van der Waals surface area contributed by atoms with Crippen molar-refractivity contribution in [1.29, 1.82) is 0 Å². The number of anilines is 1. The van der Waals surface area contributed by atoms with Gasteiger partial charge in [0, 0.05) is 25.3 Å². The molecule has 1 saturated heterocycles. The molecule has 2 aliphatic heterocycles. The molecule has 0 spiro atoms. The molecule has 6 heteroatoms. The van der Waals surface area contributed by atoms with Crippen molar-refractivity contribution in [3.63, 3.8) is 0 Å². The van der Waals surface area contributed by atoms with E-state index >= 15 is 0 Å². The van der Waals surface area contributed by atoms with Crippen LogP contribution < -0.4 is 4.90 Å². The van der Waals surface area contributed by atoms with Crippen LogP contribution in [0.4, 0.5) is 5.69 Å². The van der Waals surface area contributed by atoms with Gasteiger partial charge in [0.2, 0.25) is 11.8 Å². The molecule has 2 aromatic carbocycles. The van der Waals surface area contributed by atoms with E-state index in [1.807, 2.05) is 36.4 Å². The van der Waals surface area contributed by atoms with Crippen LogP contribution in [0.25, 0.3) is 0 Å². The molecule has 2 aromatic rings. The molecule has 0 radical (unpaired) electrons. The largest absolute Gasteiger partial charge is 0.481 e. The van der Waals surface area contributed by atoms with E-state index in [0.717, 1.165) is 12.0 Å². The van der Waals surface area contributed by atoms with Gasteiger partial charge in [-0.25, -0.2) is 0 Å². The maximum atomic E-state index is 13.3. The molecule has 2 heterocycles. The second-order valence-electron chi connectivity index (χ2n) is 7.74. The van der Waals surface area contributed by atoms with Gasteiger partial charge in [0.15, 0.2) is 0 Å². The lowest BCUT2D eigenvalue weighted by molar-refractivity contribution is -0.138. The minimum atomic E-state index is -0.920. The number of aliphatic carboxylic acids is 1. The summed E-state index contributed by atoms with van der Waals surface area (Å²) in [6.07, 6.45) is 1.81. The molecule has 2 amide bonds. The van der Waals surface area contributed by atoms with Crippen LogP contribution >= 0.6 is 0 Å². The first-order chi connectivity index (χ1) is 14.0. The van der Waals surface area contributed by atoms with E-state index in [4.69, 9.17) is 0 Å². The van der Waals surface area contributed by atoms with Gasteiger partial charge in [-0.15, -0.1) is 0 Å². The number of piperidine rings is 1. The first-order valence-corrected chi connectivity index (χ1v) is 9.99. The first kappa shape index (κ1) is 19.2. The van der Waals surface area contributed by atoms with Crippen molar-refractivity contribution in [1.82, 2.24) is 4.90 Å². The molecule has 2 atom stereocenters. The standard InChI is InChI=1S/C23H24N2O4/c26-21(13-16-7-2-1-3-8-16)24-12-6-9-17(14-24)22(27)25-15-19(23(28)29)18-10-4-5-11-20(18)25/h1-5,7-8,10-11,17,19H,6,9,12-15H2,(H,28,29). The Morgan fingerprint density at radius 2 is 1.69 bits per heavy atom. The Balaban J connectivity index is 1.47. The summed E-state index contributed by atoms with van der Waals surface area (Å²) in [7, 11) is 0. The minimum Gasteiger partial charge on any atom is -0.481 e. The number of hydrogen-bond acceptors (Lipinski definition) is 3. The SMILES string of the molecule is O=C(O)C1CN(C(=O)C2CCCN(C(=O)Cc3ccccc3)C2)c2ccccc21. The van der Waals surface area contributed by atoms with Crippen molar-refractivity contribution in [2.24, 2.45) is 5.92 Å². The normalized spacial score (nSPS) is 21.0. The highest BCUT2D eigenvalue weighted by atomic mass is 16.4. The van der Waals surface area contributed by atoms with Crippen molar-refractivity contribution in [2.45, 2.75) is 25.2 Å². The Hall–Kier alpha value is -3.15. The molecule has 0 bridgehead atoms. The summed E-state index contributed by atoms with van der Waals surface area (Å²) in [5, 5.41) is 9.53. The monoisotopic (exact) mass is 392 g/mol. The van der Waals surface area contributed by atoms with Crippen LogP contribution in [0, 0.1) is 5.92 Å². The summed E-state index contributed by atoms with van der Waals surface area (Å²) in [5.74, 6) is -1.98. The van der Waals surface area contributed by atoms with Gasteiger partial charge >= 0.3 is 5.97 Å². The topological polar surface area (TPSA) is 77.9 Å². The zero-order valence-electron chi connectivity index (χ0n) is 16.2. The highest BCUT2D eigenvalue weighted by molar-refractivity contribution is 6.00. The quantitative estimate of drug-likeness (QED) is 0.868. The Kier molecular flexibility index (Phi) is 5.34. The highest BCUT2D eigenvalue weighted by Crippen LogP contribution is 2.37. The average Bonchev–Trinajstić information content (AvgIpc) is 3.14. The molecule has 6 nitrogen and oxygen atoms in total. The number of amides is 2. The van der Waals surface area contributed by atoms with Crippen molar-refractivity contribution in [3.05, 3.63) is 65.7 Å². The van der Waals surface area contributed by atoms with Crippen LogP contribution in [0.15, 0.2) is 54.6 Å². The lowest BCUT2D eigenvalue weighted by Gasteiger charge is -2.34. The number of nitrogens with zero attached hydrogens (tertiary/aromatic N) is 2. The molecule has 1 N–H and O–H groups in total. The van der Waals surface area contributed by atoms with Crippen molar-refractivity contribution in [3.8, 4) is 0 Å². The molecule has 0 aliphatic carbocycles. The van der Waals surface area contributed by atoms with Gasteiger partial charge in [-0.2, -0.15) is 0 Å². The Morgan fingerprint density at radius 1 is 0.966 bits per heavy atom. The van der Waals surface area contributed by atoms with E-state index in [9.17, 15) is 19.5 Å². The number of carboxylic acid groups (broad SMARTS) is 1. The smallest absolute Gasteiger partial charge is 0.312 e. The lowest BCUT2D eigenvalue weighted by Crippen LogP contribution is -2.47. The number of fused-ring (bicyclic) bond motifs is 1. The fraction of sp³-hybridized carbons (Fsp3) is 0.348. The number of para-hydroxylation sites is 1. The van der Waals surface area contributed by atoms with Gasteiger partial charge in [-0.05, 0) is 30.0 Å². The summed E-state index contributed by atoms with van der Waals surface area (Å²) < 4.78 is 0. The molecule has 0 saturated carbocycles. The van der Waals surface area contributed by atoms with Crippen LogP contribution in [0.2, 0.25) is 0 Å². The molecule has 4 rings (SSSR count). The predicted molar refractivity (Wildman–Crippen MR) is 109 cm³/mol. The van der Waals surface area contributed by atoms with Gasteiger partial charge in [0.25, 0.3) is 0 Å². The van der Waals surface area contributed by atoms with E-state index in [1.54, 1.807) is 28.0 Å². The molecule has 2 aliphatic rings. The van der Waals surface area contributed by atoms with E-state index < -0.39 is 11.9 Å². The lowest BCUT2D eigenvalue weighted by atomic mass is 9.95. The summed E-state index contributed by atoms with van der Waals surface area (Å²) in [6, 6.07) is 16.8. The van der Waals surface area contributed by atoms with E-state index in [0.29, 0.717) is 37.2 Å². The van der Waals surface area contributed by atoms with Crippen LogP contribution in [-0.2, 0) is 20.8 Å². The Bertz CT molecular complexity index is 927. The average molecular weight is 392 g/mol. The maximum Gasteiger partial charge on any atom is 0.312 e. The van der Waals surface area contributed by atoms with Gasteiger partial charge in [0.05, 0.1) is 12.3 Å². The second kappa shape index (κ2) is 8.07. The van der Waals surface area contributed by atoms with E-state index in [2.05, 4.69) is 0 Å². The predicted octanol–water partition coefficient (Wildman–Crippen LogP) is 2.68. The van der Waals surface area contributed by atoms with E-state index in [1.165, 1.54) is 0 Å². The summed E-state index contributed by atoms with van der Waals surface area (Å²) >= 11 is 0. The third kappa shape index (κ3) is 3.88. The molecule has 150 valence electrons. The zero-order valence-corrected chi connectivity index (χ0v) is 16.2. The van der Waals surface area contributed by atoms with E-state index in [-0.39, 0.29) is 24.3 Å². The highest BCUT2D eigenvalue weighted by Gasteiger charge is 2.39. The molecular weight excluding hydrogens is 368 g/mol. The van der Waals surface area contributed by atoms with Crippen molar-refractivity contribution < 1.29 is 19.5 Å². The first-order valence-electron chi connectivity index (χ1n) is 9.99. The fourth-order valence-corrected chi connectivity index (χ4v) is 4.33. The third-order valence-corrected chi connectivity index (χ3v) is 5.85. The molecule has 1 fully saturated rings. The zero-order chi connectivity index (χ0) is 20.4. The molecular formula is C23H24N2O4. The van der Waals surface area contributed by atoms with Gasteiger partial charge < -0.3 is 14.9 Å². The van der Waals surface area contributed by atoms with Gasteiger partial charge in [-0.3, -0.25) is 14.4 Å². The van der Waals surface area contributed by atoms with Crippen LogP contribution in [0.5, 0.6) is 0 Å². The number of rotatable bonds is 4. The van der Waals surface area contributed by atoms with Crippen LogP contribution in [-0.4, -0.2) is 47.4 Å². The fourth-order valence-electron chi connectivity index (χ4n) is 4.33. The Labute approximate surface area is 169 Å². The molecule has 2 unspecified atom stereocenters. The number of carboxylic acids is 1. The van der Waals surface area contributed by atoms with Crippen LogP contribution in [0.3, 0.4) is 0 Å². The number of carbonyl (C=O) groups is 3. The number of likely N-dealkylation sites (tertiary alicyclic amines) is 1. The number of hydrogen-bond donors (Lipinski definition) is 1. The number of carbonyl (C=O) groups excluding carboxylic acids is 2. The summed E-state index contributed by atoms with van der Waals surface area (Å²) in [6.45, 7) is 1.20. The maximum absolute atomic E-state index is 13.3. The van der Waals surface area contributed by atoms with Gasteiger partial charge in [0.1, 0.15) is 5.92 Å².